The van der Waals surface area contributed by atoms with Crippen molar-refractivity contribution >= 4 is 27.7 Å². The number of aromatic hydroxyl groups is 1. The average molecular weight is 537 g/mol. The van der Waals surface area contributed by atoms with Crippen molar-refractivity contribution in [1.82, 2.24) is 0 Å². The van der Waals surface area contributed by atoms with Crippen LogP contribution in [0.5, 0.6) is 23.0 Å². The second kappa shape index (κ2) is 13.8. The van der Waals surface area contributed by atoms with Crippen molar-refractivity contribution in [2.24, 2.45) is 0 Å². The van der Waals surface area contributed by atoms with Gasteiger partial charge in [0.2, 0.25) is 0 Å². The fourth-order valence-electron chi connectivity index (χ4n) is 3.51. The van der Waals surface area contributed by atoms with E-state index in [9.17, 15) is 14.7 Å². The quantitative estimate of drug-likeness (QED) is 0.189. The first-order valence-electron chi connectivity index (χ1n) is 11.5. The summed E-state index contributed by atoms with van der Waals surface area (Å²) < 4.78 is 23.1. The Hall–Kier alpha value is -2.74. The Morgan fingerprint density at radius 3 is 2.18 bits per heavy atom. The molecule has 0 unspecified atom stereocenters. The number of carbonyl (C=O) groups is 2. The number of halogens is 1. The molecular weight excluding hydrogens is 504 g/mol. The monoisotopic (exact) mass is 536 g/mol. The zero-order valence-electron chi connectivity index (χ0n) is 20.2. The summed E-state index contributed by atoms with van der Waals surface area (Å²) in [5, 5.41) is 10.2. The molecule has 0 amide bonds. The van der Waals surface area contributed by atoms with Crippen molar-refractivity contribution < 1.29 is 33.6 Å². The summed E-state index contributed by atoms with van der Waals surface area (Å²) in [6.45, 7) is 6.01. The number of carbonyl (C=O) groups excluding carboxylic acids is 2. The number of ether oxygens (including phenoxy) is 4. The van der Waals surface area contributed by atoms with E-state index in [2.05, 4.69) is 20.7 Å². The molecule has 0 radical (unpaired) electrons. The van der Waals surface area contributed by atoms with Crippen LogP contribution >= 0.6 is 15.9 Å². The number of esters is 1. The van der Waals surface area contributed by atoms with Gasteiger partial charge in [-0.15, -0.1) is 0 Å². The van der Waals surface area contributed by atoms with Crippen LogP contribution in [-0.4, -0.2) is 43.8 Å². The maximum absolute atomic E-state index is 12.2. The van der Waals surface area contributed by atoms with Crippen molar-refractivity contribution in [3.63, 3.8) is 0 Å². The molecule has 0 aliphatic carbocycles. The van der Waals surface area contributed by atoms with Gasteiger partial charge in [-0.3, -0.25) is 4.79 Å². The van der Waals surface area contributed by atoms with Gasteiger partial charge in [-0.2, -0.15) is 0 Å². The summed E-state index contributed by atoms with van der Waals surface area (Å²) in [5.41, 5.74) is 1.99. The Morgan fingerprint density at radius 1 is 0.912 bits per heavy atom. The van der Waals surface area contributed by atoms with Crippen LogP contribution in [0.4, 0.5) is 0 Å². The maximum Gasteiger partial charge on any atom is 0.343 e. The minimum atomic E-state index is -0.488. The Morgan fingerprint density at radius 2 is 1.56 bits per heavy atom. The number of phenolic OH excluding ortho intramolecular Hbond substituents is 1. The first kappa shape index (κ1) is 27.5. The number of methoxy groups -OCH3 is 1. The largest absolute Gasteiger partial charge is 0.508 e. The molecule has 0 heterocycles. The molecule has 0 aliphatic heterocycles. The molecule has 0 atom stereocenters. The van der Waals surface area contributed by atoms with Crippen LogP contribution in [0.1, 0.15) is 61.5 Å². The van der Waals surface area contributed by atoms with Crippen LogP contribution < -0.4 is 14.2 Å². The lowest BCUT2D eigenvalue weighted by Crippen LogP contribution is -2.15. The Bertz CT molecular complexity index is 988. The number of benzene rings is 2. The Kier molecular flexibility index (Phi) is 11.2. The summed E-state index contributed by atoms with van der Waals surface area (Å²) >= 11 is 3.50. The molecule has 0 saturated carbocycles. The molecule has 8 heteroatoms. The molecule has 186 valence electrons. The van der Waals surface area contributed by atoms with Gasteiger partial charge >= 0.3 is 5.97 Å². The van der Waals surface area contributed by atoms with Crippen molar-refractivity contribution in [2.75, 3.05) is 26.9 Å². The topological polar surface area (TPSA) is 91.3 Å². The third kappa shape index (κ3) is 7.38. The second-order valence-electron chi connectivity index (χ2n) is 7.76. The first-order chi connectivity index (χ1) is 16.3. The smallest absolute Gasteiger partial charge is 0.343 e. The third-order valence-corrected chi connectivity index (χ3v) is 5.76. The standard InChI is InChI=1S/C26H33BrO7/c1-5-8-19-22(29)12-11-21(27)26(19)33-15-7-14-32-25-18(17(3)28)10-13-23(20(25)9-6-2)34-16-24(30)31-4/h10-13,29H,5-9,14-16H2,1-4H3. The van der Waals surface area contributed by atoms with Gasteiger partial charge in [0.25, 0.3) is 0 Å². The zero-order chi connectivity index (χ0) is 25.1. The number of phenols is 1. The lowest BCUT2D eigenvalue weighted by atomic mass is 10.0. The van der Waals surface area contributed by atoms with Crippen molar-refractivity contribution in [3.05, 3.63) is 45.4 Å². The Labute approximate surface area is 209 Å². The predicted molar refractivity (Wildman–Crippen MR) is 133 cm³/mol. The third-order valence-electron chi connectivity index (χ3n) is 5.14. The summed E-state index contributed by atoms with van der Waals surface area (Å²) in [6.07, 6.45) is 3.58. The molecule has 2 aromatic carbocycles. The van der Waals surface area contributed by atoms with Crippen LogP contribution in [0.2, 0.25) is 0 Å². The number of ketones is 1. The van der Waals surface area contributed by atoms with Crippen LogP contribution in [0.25, 0.3) is 0 Å². The van der Waals surface area contributed by atoms with Crippen LogP contribution in [0, 0.1) is 0 Å². The van der Waals surface area contributed by atoms with Gasteiger partial charge in [0.1, 0.15) is 23.0 Å². The number of hydrogen-bond acceptors (Lipinski definition) is 7. The Balaban J connectivity index is 2.13. The molecule has 0 aromatic heterocycles. The van der Waals surface area contributed by atoms with Gasteiger partial charge in [-0.05, 0) is 60.0 Å². The molecule has 0 spiro atoms. The fourth-order valence-corrected chi connectivity index (χ4v) is 4.00. The van der Waals surface area contributed by atoms with Gasteiger partial charge in [-0.1, -0.05) is 26.7 Å². The summed E-state index contributed by atoms with van der Waals surface area (Å²) in [5.74, 6) is 1.22. The van der Waals surface area contributed by atoms with E-state index in [4.69, 9.17) is 14.2 Å². The van der Waals surface area contributed by atoms with Crippen LogP contribution in [0.3, 0.4) is 0 Å². The van der Waals surface area contributed by atoms with E-state index in [-0.39, 0.29) is 18.1 Å². The lowest BCUT2D eigenvalue weighted by Gasteiger charge is -2.19. The second-order valence-corrected chi connectivity index (χ2v) is 8.62. The highest BCUT2D eigenvalue weighted by Gasteiger charge is 2.19. The summed E-state index contributed by atoms with van der Waals surface area (Å²) in [7, 11) is 1.30. The minimum absolute atomic E-state index is 0.115. The zero-order valence-corrected chi connectivity index (χ0v) is 21.8. The number of rotatable bonds is 14. The summed E-state index contributed by atoms with van der Waals surface area (Å²) in [6, 6.07) is 6.76. The van der Waals surface area contributed by atoms with Crippen molar-refractivity contribution in [3.8, 4) is 23.0 Å². The highest BCUT2D eigenvalue weighted by atomic mass is 79.9. The molecule has 7 nitrogen and oxygen atoms in total. The molecule has 0 aliphatic rings. The van der Waals surface area contributed by atoms with Gasteiger partial charge < -0.3 is 24.1 Å². The minimum Gasteiger partial charge on any atom is -0.508 e. The summed E-state index contributed by atoms with van der Waals surface area (Å²) in [4.78, 5) is 23.8. The maximum atomic E-state index is 12.2. The van der Waals surface area contributed by atoms with E-state index in [0.717, 1.165) is 28.4 Å². The van der Waals surface area contributed by atoms with Crippen LogP contribution in [0.15, 0.2) is 28.7 Å². The highest BCUT2D eigenvalue weighted by Crippen LogP contribution is 2.37. The lowest BCUT2D eigenvalue weighted by molar-refractivity contribution is -0.142. The van der Waals surface area contributed by atoms with E-state index in [1.54, 1.807) is 24.3 Å². The molecule has 2 rings (SSSR count). The van der Waals surface area contributed by atoms with E-state index in [0.29, 0.717) is 55.3 Å². The van der Waals surface area contributed by atoms with Crippen LogP contribution in [-0.2, 0) is 22.4 Å². The molecule has 0 bridgehead atoms. The fraction of sp³-hybridized carbons (Fsp3) is 0.462. The molecule has 0 fully saturated rings. The van der Waals surface area contributed by atoms with E-state index >= 15 is 0 Å². The van der Waals surface area contributed by atoms with Gasteiger partial charge in [-0.25, -0.2) is 4.79 Å². The van der Waals surface area contributed by atoms with E-state index < -0.39 is 5.97 Å². The molecular formula is C26H33BrO7. The van der Waals surface area contributed by atoms with Crippen molar-refractivity contribution in [2.45, 2.75) is 52.9 Å². The average Bonchev–Trinajstić information content (AvgIpc) is 2.82. The van der Waals surface area contributed by atoms with Gasteiger partial charge in [0.15, 0.2) is 12.4 Å². The van der Waals surface area contributed by atoms with Crippen molar-refractivity contribution in [1.29, 1.82) is 0 Å². The number of hydrogen-bond donors (Lipinski definition) is 1. The number of Topliss-reactive ketones (excluding diaryl/α,β-unsaturated/α-hetero) is 1. The molecule has 2 aromatic rings. The molecule has 0 saturated heterocycles. The first-order valence-corrected chi connectivity index (χ1v) is 12.3. The predicted octanol–water partition coefficient (Wildman–Crippen LogP) is 5.66. The molecule has 1 N–H and O–H groups in total. The van der Waals surface area contributed by atoms with E-state index in [1.807, 2.05) is 13.8 Å². The van der Waals surface area contributed by atoms with Gasteiger partial charge in [0.05, 0.1) is 30.4 Å². The SMILES string of the molecule is CCCc1c(O)ccc(Br)c1OCCCOc1c(C(C)=O)ccc(OCC(=O)OC)c1CCC. The highest BCUT2D eigenvalue weighted by molar-refractivity contribution is 9.10. The van der Waals surface area contributed by atoms with Gasteiger partial charge in [0, 0.05) is 17.5 Å². The van der Waals surface area contributed by atoms with E-state index in [1.165, 1.54) is 14.0 Å². The normalized spacial score (nSPS) is 10.6. The molecule has 34 heavy (non-hydrogen) atoms.